The van der Waals surface area contributed by atoms with Crippen LogP contribution in [-0.2, 0) is 42.9 Å². The fourth-order valence-electron chi connectivity index (χ4n) is 9.68. The summed E-state index contributed by atoms with van der Waals surface area (Å²) in [6.07, 6.45) is 7.21. The van der Waals surface area contributed by atoms with E-state index in [1.807, 2.05) is 18.2 Å². The van der Waals surface area contributed by atoms with E-state index in [2.05, 4.69) is 20.5 Å². The van der Waals surface area contributed by atoms with Crippen LogP contribution in [0.3, 0.4) is 0 Å². The van der Waals surface area contributed by atoms with Crippen molar-refractivity contribution in [3.8, 4) is 5.75 Å². The van der Waals surface area contributed by atoms with E-state index in [9.17, 15) is 32.7 Å². The second-order valence-corrected chi connectivity index (χ2v) is 19.0. The maximum absolute atomic E-state index is 13.8. The van der Waals surface area contributed by atoms with Gasteiger partial charge in [0.1, 0.15) is 23.3 Å². The summed E-state index contributed by atoms with van der Waals surface area (Å²) in [6, 6.07) is 11.7. The molecule has 3 N–H and O–H groups in total. The van der Waals surface area contributed by atoms with Gasteiger partial charge in [-0.1, -0.05) is 18.2 Å². The van der Waals surface area contributed by atoms with Gasteiger partial charge < -0.3 is 20.1 Å². The van der Waals surface area contributed by atoms with Crippen molar-refractivity contribution in [2.45, 2.75) is 112 Å². The van der Waals surface area contributed by atoms with Gasteiger partial charge in [-0.2, -0.15) is 13.9 Å². The molecule has 308 valence electrons. The van der Waals surface area contributed by atoms with Crippen molar-refractivity contribution >= 4 is 51.1 Å². The molecule has 16 nitrogen and oxygen atoms in total. The third-order valence-corrected chi connectivity index (χ3v) is 15.0. The zero-order valence-electron chi connectivity index (χ0n) is 32.6. The number of hydrogen-bond donors (Lipinski definition) is 3. The Morgan fingerprint density at radius 1 is 1.00 bits per heavy atom. The van der Waals surface area contributed by atoms with E-state index in [-0.39, 0.29) is 41.2 Å². The van der Waals surface area contributed by atoms with Gasteiger partial charge in [0.25, 0.3) is 5.91 Å². The average Bonchev–Trinajstić information content (AvgIpc) is 3.90. The molecule has 2 aliphatic carbocycles. The van der Waals surface area contributed by atoms with Crippen LogP contribution >= 0.6 is 0 Å². The van der Waals surface area contributed by atoms with Crippen molar-refractivity contribution in [2.75, 3.05) is 31.5 Å². The third-order valence-electron chi connectivity index (χ3n) is 13.1. The predicted molar refractivity (Wildman–Crippen MR) is 211 cm³/mol. The number of nitrogens with one attached hydrogen (secondary N) is 2. The first-order chi connectivity index (χ1) is 28.4. The van der Waals surface area contributed by atoms with Crippen LogP contribution in [0.5, 0.6) is 5.75 Å². The first kappa shape index (κ1) is 38.1. The number of anilines is 1. The largest absolute Gasteiger partial charge is 0.488 e. The highest BCUT2D eigenvalue weighted by Gasteiger charge is 2.64. The topological polar surface area (TPSA) is 194 Å². The lowest BCUT2D eigenvalue weighted by molar-refractivity contribution is -0.369. The van der Waals surface area contributed by atoms with Gasteiger partial charge >= 0.3 is 17.7 Å². The van der Waals surface area contributed by atoms with Gasteiger partial charge in [-0.15, -0.1) is 0 Å². The summed E-state index contributed by atoms with van der Waals surface area (Å²) in [7, 11) is -3.78. The Morgan fingerprint density at radius 3 is 2.58 bits per heavy atom. The van der Waals surface area contributed by atoms with E-state index in [1.165, 1.54) is 4.31 Å². The van der Waals surface area contributed by atoms with E-state index in [0.717, 1.165) is 54.5 Å². The molecule has 59 heavy (non-hydrogen) atoms. The molecule has 1 spiro atoms. The summed E-state index contributed by atoms with van der Waals surface area (Å²) >= 11 is 0. The number of sulfonamides is 1. The van der Waals surface area contributed by atoms with Crippen molar-refractivity contribution in [2.24, 2.45) is 0 Å². The summed E-state index contributed by atoms with van der Waals surface area (Å²) in [5.74, 6) is 0.635. The lowest BCUT2D eigenvalue weighted by Crippen LogP contribution is -2.53. The first-order valence-corrected chi connectivity index (χ1v) is 22.2. The van der Waals surface area contributed by atoms with Crippen LogP contribution in [0.15, 0.2) is 53.6 Å². The van der Waals surface area contributed by atoms with Crippen LogP contribution in [0.2, 0.25) is 0 Å². The maximum atomic E-state index is 13.8. The standard InChI is InChI=1S/C42H46N8O8S/c51-29-4-1-3-28(18-29)50-37-34(42(13-14-42)40(50)55)20-43-41(46-37)44-27-11-15-48(16-12-27)59(56,57)32-6-2-5-30(19-32)58-31-23-47(24-31)21-25-7-8-33-26(17-25)22-49(39(33)54)35-9-10-36(52)45-38(35)53/h2,5-8,17,19-20,27,29,31,35,51H,1,3-4,9-16,18,21-24H2,(H-,43,44,45,46,52,53)/p+1/t29-,35?/m1/s1. The normalized spacial score (nSPS) is 26.2. The molecule has 1 unspecified atom stereocenters. The smallest absolute Gasteiger partial charge is 0.340 e. The molecule has 7 aliphatic rings. The lowest BCUT2D eigenvalue weighted by Gasteiger charge is -2.39. The molecule has 2 atom stereocenters. The molecule has 0 bridgehead atoms. The number of aromatic nitrogens is 2. The van der Waals surface area contributed by atoms with Crippen LogP contribution in [0.4, 0.5) is 11.8 Å². The molecule has 3 saturated heterocycles. The second-order valence-electron chi connectivity index (χ2n) is 17.1. The zero-order valence-corrected chi connectivity index (χ0v) is 33.5. The van der Waals surface area contributed by atoms with E-state index in [1.54, 1.807) is 39.9 Å². The summed E-state index contributed by atoms with van der Waals surface area (Å²) in [4.78, 5) is 64.1. The Balaban J connectivity index is 0.723. The molecular formula is C42H47N8O8S+. The number of nitrogens with zero attached hydrogens (tertiary/aromatic N) is 6. The molecule has 1 aromatic heterocycles. The number of hydrogen-bond acceptors (Lipinski definition) is 12. The number of fused-ring (bicyclic) bond motifs is 3. The van der Waals surface area contributed by atoms with E-state index in [4.69, 9.17) is 9.72 Å². The van der Waals surface area contributed by atoms with Crippen molar-refractivity contribution in [1.29, 1.82) is 0 Å². The van der Waals surface area contributed by atoms with Crippen molar-refractivity contribution in [3.05, 3.63) is 70.9 Å². The summed E-state index contributed by atoms with van der Waals surface area (Å²) in [5.41, 5.74) is 3.73. The van der Waals surface area contributed by atoms with Gasteiger partial charge in [0.15, 0.2) is 0 Å². The monoisotopic (exact) mass is 823 g/mol. The molecule has 2 saturated carbocycles. The molecule has 2 aromatic carbocycles. The number of imide groups is 1. The van der Waals surface area contributed by atoms with Crippen molar-refractivity contribution in [1.82, 2.24) is 29.4 Å². The predicted octanol–water partition coefficient (Wildman–Crippen LogP) is 2.36. The Morgan fingerprint density at radius 2 is 1.81 bits per heavy atom. The Bertz CT molecular complexity index is 2420. The fourth-order valence-corrected chi connectivity index (χ4v) is 11.2. The van der Waals surface area contributed by atoms with Crippen LogP contribution in [-0.4, -0.2) is 122 Å². The van der Waals surface area contributed by atoms with E-state index >= 15 is 0 Å². The minimum atomic E-state index is -3.78. The van der Waals surface area contributed by atoms with Crippen molar-refractivity contribution in [3.63, 3.8) is 0 Å². The van der Waals surface area contributed by atoms with Gasteiger partial charge in [-0.25, -0.2) is 13.2 Å². The third kappa shape index (κ3) is 6.90. The highest BCUT2D eigenvalue weighted by molar-refractivity contribution is 7.89. The molecule has 3 aromatic rings. The molecular weight excluding hydrogens is 777 g/mol. The first-order valence-electron chi connectivity index (χ1n) is 20.7. The zero-order chi connectivity index (χ0) is 40.6. The highest BCUT2D eigenvalue weighted by atomic mass is 32.2. The van der Waals surface area contributed by atoms with Crippen molar-refractivity contribution < 1.29 is 42.0 Å². The molecule has 10 rings (SSSR count). The number of piperidine rings is 2. The van der Waals surface area contributed by atoms with Crippen LogP contribution in [0.1, 0.15) is 91.3 Å². The Labute approximate surface area is 341 Å². The summed E-state index contributed by atoms with van der Waals surface area (Å²) in [6.45, 7) is 2.94. The Kier molecular flexibility index (Phi) is 9.41. The second kappa shape index (κ2) is 14.6. The SMILES string of the molecule is O=C1CCC(N2Cc3cc(CN4CC(Oc5cccc(S(=O)(=O)N6CCC(Nc7ncc8c(n7)[N+](=C7CCC[C@@H](O)C7)C(=O)C87CC7)CC6)c5)C4)ccc3C2=O)C(=O)N1. The summed E-state index contributed by atoms with van der Waals surface area (Å²) in [5, 5.41) is 16.1. The Hall–Kier alpha value is -5.10. The van der Waals surface area contributed by atoms with E-state index < -0.39 is 33.5 Å². The number of amides is 4. The number of aliphatic hydroxyl groups is 1. The number of rotatable bonds is 9. The quantitative estimate of drug-likeness (QED) is 0.211. The number of benzene rings is 2. The van der Waals surface area contributed by atoms with Crippen LogP contribution in [0, 0.1) is 0 Å². The maximum Gasteiger partial charge on any atom is 0.340 e. The number of carbonyl (C=O) groups excluding carboxylic acids is 4. The molecule has 5 aliphatic heterocycles. The van der Waals surface area contributed by atoms with Crippen LogP contribution < -0.4 is 15.4 Å². The molecule has 6 heterocycles. The minimum absolute atomic E-state index is 0.0424. The number of carbonyl (C=O) groups is 4. The fraction of sp³-hybridized carbons (Fsp3) is 0.500. The van der Waals surface area contributed by atoms with Crippen LogP contribution in [0.25, 0.3) is 0 Å². The van der Waals surface area contributed by atoms with Gasteiger partial charge in [0, 0.05) is 82.4 Å². The number of likely N-dealkylation sites (tertiary alicyclic amines) is 1. The highest BCUT2D eigenvalue weighted by Crippen LogP contribution is 2.56. The number of ether oxygens (including phenoxy) is 1. The van der Waals surface area contributed by atoms with E-state index in [0.29, 0.717) is 88.0 Å². The molecule has 4 amide bonds. The lowest BCUT2D eigenvalue weighted by atomic mass is 9.95. The van der Waals surface area contributed by atoms with Gasteiger partial charge in [0.05, 0.1) is 22.3 Å². The van der Waals surface area contributed by atoms with Gasteiger partial charge in [-0.3, -0.25) is 24.6 Å². The summed E-state index contributed by atoms with van der Waals surface area (Å²) < 4.78 is 37.1. The molecule has 5 fully saturated rings. The van der Waals surface area contributed by atoms with Gasteiger partial charge in [0.2, 0.25) is 21.8 Å². The average molecular weight is 824 g/mol. The van der Waals surface area contributed by atoms with Gasteiger partial charge in [-0.05, 0) is 79.3 Å². The number of aliphatic hydroxyl groups excluding tert-OH is 1. The molecule has 0 radical (unpaired) electrons. The molecule has 17 heteroatoms. The minimum Gasteiger partial charge on any atom is -0.488 e.